The zero-order valence-corrected chi connectivity index (χ0v) is 20.9. The van der Waals surface area contributed by atoms with Crippen molar-refractivity contribution in [3.05, 3.63) is 63.2 Å². The van der Waals surface area contributed by atoms with Crippen LogP contribution in [0, 0.1) is 10.1 Å². The summed E-state index contributed by atoms with van der Waals surface area (Å²) in [4.78, 5) is 43.1. The second-order valence-corrected chi connectivity index (χ2v) is 9.42. The molecule has 1 saturated heterocycles. The predicted octanol–water partition coefficient (Wildman–Crippen LogP) is 3.08. The molecule has 4 rings (SSSR count). The van der Waals surface area contributed by atoms with E-state index >= 15 is 0 Å². The minimum Gasteiger partial charge on any atom is -0.454 e. The van der Waals surface area contributed by atoms with Crippen molar-refractivity contribution < 1.29 is 24.0 Å². The first kappa shape index (κ1) is 25.6. The highest BCUT2D eigenvalue weighted by molar-refractivity contribution is 5.96. The molecule has 10 heteroatoms. The zero-order chi connectivity index (χ0) is 25.8. The molecule has 0 spiro atoms. The fourth-order valence-electron chi connectivity index (χ4n) is 4.60. The van der Waals surface area contributed by atoms with Crippen LogP contribution in [0.4, 0.5) is 5.69 Å². The number of carbonyl (C=O) groups is 2. The number of ether oxygens (including phenoxy) is 2. The maximum absolute atomic E-state index is 13.6. The van der Waals surface area contributed by atoms with Crippen LogP contribution in [-0.4, -0.2) is 77.9 Å². The second kappa shape index (κ2) is 11.0. The minimum atomic E-state index is -0.491. The van der Waals surface area contributed by atoms with E-state index < -0.39 is 4.92 Å². The van der Waals surface area contributed by atoms with Gasteiger partial charge in [0.2, 0.25) is 12.7 Å². The number of Topliss-reactive ketones (excluding diaryl/α,β-unsaturated/α-hetero) is 1. The van der Waals surface area contributed by atoms with Gasteiger partial charge in [-0.05, 0) is 37.9 Å². The molecule has 2 heterocycles. The lowest BCUT2D eigenvalue weighted by atomic mass is 10.0. The average molecular weight is 497 g/mol. The summed E-state index contributed by atoms with van der Waals surface area (Å²) in [6.07, 6.45) is 0.556. The van der Waals surface area contributed by atoms with Crippen LogP contribution < -0.4 is 9.47 Å². The van der Waals surface area contributed by atoms with Gasteiger partial charge in [-0.3, -0.25) is 19.7 Å². The third kappa shape index (κ3) is 5.83. The topological polar surface area (TPSA) is 105 Å². The van der Waals surface area contributed by atoms with Crippen molar-refractivity contribution in [2.45, 2.75) is 38.9 Å². The minimum absolute atomic E-state index is 0.0510. The Bertz CT molecular complexity index is 1150. The highest BCUT2D eigenvalue weighted by atomic mass is 16.7. The van der Waals surface area contributed by atoms with Gasteiger partial charge in [0.05, 0.1) is 11.5 Å². The molecule has 192 valence electrons. The van der Waals surface area contributed by atoms with Gasteiger partial charge in [-0.25, -0.2) is 0 Å². The Morgan fingerprint density at radius 3 is 2.61 bits per heavy atom. The van der Waals surface area contributed by atoms with Gasteiger partial charge in [-0.1, -0.05) is 19.1 Å². The Hall–Kier alpha value is -3.50. The van der Waals surface area contributed by atoms with Gasteiger partial charge in [-0.2, -0.15) is 0 Å². The molecule has 1 unspecified atom stereocenters. The number of hydrogen-bond acceptors (Lipinski definition) is 8. The molecular weight excluding hydrogens is 464 g/mol. The second-order valence-electron chi connectivity index (χ2n) is 9.42. The summed E-state index contributed by atoms with van der Waals surface area (Å²) in [5.74, 6) is 1.00. The molecule has 1 amide bonds. The number of piperazine rings is 1. The normalized spacial score (nSPS) is 17.7. The van der Waals surface area contributed by atoms with Gasteiger partial charge in [0.15, 0.2) is 17.3 Å². The summed E-state index contributed by atoms with van der Waals surface area (Å²) in [7, 11) is 4.05. The first-order valence-corrected chi connectivity index (χ1v) is 12.1. The monoisotopic (exact) mass is 496 g/mol. The molecule has 1 fully saturated rings. The fourth-order valence-corrected chi connectivity index (χ4v) is 4.60. The summed E-state index contributed by atoms with van der Waals surface area (Å²) < 4.78 is 10.9. The molecule has 10 nitrogen and oxygen atoms in total. The van der Waals surface area contributed by atoms with Crippen LogP contribution in [0.25, 0.3) is 0 Å². The van der Waals surface area contributed by atoms with Crippen LogP contribution in [0.2, 0.25) is 0 Å². The molecule has 36 heavy (non-hydrogen) atoms. The van der Waals surface area contributed by atoms with Crippen molar-refractivity contribution in [1.82, 2.24) is 14.7 Å². The van der Waals surface area contributed by atoms with Gasteiger partial charge < -0.3 is 24.2 Å². The van der Waals surface area contributed by atoms with Crippen molar-refractivity contribution in [3.63, 3.8) is 0 Å². The number of benzene rings is 2. The van der Waals surface area contributed by atoms with E-state index in [1.807, 2.05) is 26.2 Å². The average Bonchev–Trinajstić information content (AvgIpc) is 3.33. The lowest BCUT2D eigenvalue weighted by Gasteiger charge is -2.38. The van der Waals surface area contributed by atoms with Gasteiger partial charge in [0, 0.05) is 62.3 Å². The number of nitrogens with zero attached hydrogens (tertiary/aromatic N) is 4. The van der Waals surface area contributed by atoms with Crippen molar-refractivity contribution >= 4 is 17.4 Å². The highest BCUT2D eigenvalue weighted by Gasteiger charge is 2.28. The molecule has 2 aromatic rings. The molecular formula is C26H32N4O6. The Kier molecular flexibility index (Phi) is 7.85. The molecule has 2 aromatic carbocycles. The summed E-state index contributed by atoms with van der Waals surface area (Å²) in [5.41, 5.74) is 1.36. The summed E-state index contributed by atoms with van der Waals surface area (Å²) in [6, 6.07) is 10.1. The SMILES string of the molecule is CCC(=O)c1ccc(CN(Cc2ccc3c(c2)OCO3)C(=O)CC2CN(C)CCN2C)c([N+](=O)[O-])c1. The number of carbonyl (C=O) groups excluding carboxylic acids is 2. The smallest absolute Gasteiger partial charge is 0.275 e. The molecule has 0 radical (unpaired) electrons. The van der Waals surface area contributed by atoms with E-state index in [9.17, 15) is 19.7 Å². The van der Waals surface area contributed by atoms with Crippen LogP contribution in [0.15, 0.2) is 36.4 Å². The van der Waals surface area contributed by atoms with E-state index in [4.69, 9.17) is 9.47 Å². The predicted molar refractivity (Wildman–Crippen MR) is 133 cm³/mol. The number of nitro groups is 1. The van der Waals surface area contributed by atoms with Gasteiger partial charge in [-0.15, -0.1) is 0 Å². The summed E-state index contributed by atoms with van der Waals surface area (Å²) in [5, 5.41) is 11.9. The number of hydrogen-bond donors (Lipinski definition) is 0. The third-order valence-corrected chi connectivity index (χ3v) is 6.84. The third-order valence-electron chi connectivity index (χ3n) is 6.84. The van der Waals surface area contributed by atoms with Gasteiger partial charge >= 0.3 is 0 Å². The van der Waals surface area contributed by atoms with Crippen LogP contribution in [-0.2, 0) is 17.9 Å². The van der Waals surface area contributed by atoms with E-state index in [0.29, 0.717) is 29.0 Å². The first-order valence-electron chi connectivity index (χ1n) is 12.1. The number of likely N-dealkylation sites (N-methyl/N-ethyl adjacent to an activating group) is 2. The van der Waals surface area contributed by atoms with Crippen molar-refractivity contribution in [2.75, 3.05) is 40.5 Å². The Morgan fingerprint density at radius 2 is 1.86 bits per heavy atom. The largest absolute Gasteiger partial charge is 0.454 e. The van der Waals surface area contributed by atoms with Crippen LogP contribution >= 0.6 is 0 Å². The van der Waals surface area contributed by atoms with Gasteiger partial charge in [0.25, 0.3) is 5.69 Å². The van der Waals surface area contributed by atoms with Crippen molar-refractivity contribution in [1.29, 1.82) is 0 Å². The van der Waals surface area contributed by atoms with Gasteiger partial charge in [0.1, 0.15) is 0 Å². The summed E-state index contributed by atoms with van der Waals surface area (Å²) >= 11 is 0. The molecule has 1 atom stereocenters. The lowest BCUT2D eigenvalue weighted by molar-refractivity contribution is -0.385. The quantitative estimate of drug-likeness (QED) is 0.296. The number of nitro benzene ring substituents is 1. The van der Waals surface area contributed by atoms with E-state index in [1.165, 1.54) is 6.07 Å². The maximum Gasteiger partial charge on any atom is 0.275 e. The summed E-state index contributed by atoms with van der Waals surface area (Å²) in [6.45, 7) is 4.76. The number of rotatable bonds is 9. The molecule has 0 saturated carbocycles. The van der Waals surface area contributed by atoms with E-state index in [0.717, 1.165) is 25.2 Å². The molecule has 2 aliphatic rings. The first-order chi connectivity index (χ1) is 17.2. The number of ketones is 1. The standard InChI is InChI=1S/C26H32N4O6/c1-4-23(31)19-6-7-20(22(12-19)30(33)34)15-29(14-18-5-8-24-25(11-18)36-17-35-24)26(32)13-21-16-27(2)9-10-28(21)3/h5-8,11-12,21H,4,9-10,13-17H2,1-3H3. The molecule has 0 aromatic heterocycles. The van der Waals surface area contributed by atoms with E-state index in [2.05, 4.69) is 9.80 Å². The molecule has 0 bridgehead atoms. The fraction of sp³-hybridized carbons (Fsp3) is 0.462. The van der Waals surface area contributed by atoms with Crippen LogP contribution in [0.1, 0.15) is 41.3 Å². The Balaban J connectivity index is 1.61. The lowest BCUT2D eigenvalue weighted by Crippen LogP contribution is -2.51. The molecule has 0 N–H and O–H groups in total. The maximum atomic E-state index is 13.6. The van der Waals surface area contributed by atoms with Crippen molar-refractivity contribution in [3.8, 4) is 11.5 Å². The van der Waals surface area contributed by atoms with Crippen molar-refractivity contribution in [2.24, 2.45) is 0 Å². The number of fused-ring (bicyclic) bond motifs is 1. The van der Waals surface area contributed by atoms with Crippen LogP contribution in [0.3, 0.4) is 0 Å². The van der Waals surface area contributed by atoms with Crippen LogP contribution in [0.5, 0.6) is 11.5 Å². The zero-order valence-electron chi connectivity index (χ0n) is 20.9. The number of amides is 1. The Labute approximate surface area is 210 Å². The molecule has 2 aliphatic heterocycles. The van der Waals surface area contributed by atoms with E-state index in [1.54, 1.807) is 30.0 Å². The molecule has 0 aliphatic carbocycles. The van der Waals surface area contributed by atoms with E-state index in [-0.39, 0.29) is 49.7 Å². The Morgan fingerprint density at radius 1 is 1.08 bits per heavy atom. The highest BCUT2D eigenvalue weighted by Crippen LogP contribution is 2.33.